The molecule has 1 aliphatic rings. The SMILES string of the molecule is O=C(Nc1ccc(CNC(=O)C2CCc3[nH]ncc3C2)cc1)c1cccnc1. The maximum Gasteiger partial charge on any atom is 0.257 e. The topological polar surface area (TPSA) is 99.8 Å². The first kappa shape index (κ1) is 17.9. The molecule has 1 aliphatic carbocycles. The van der Waals surface area contributed by atoms with Crippen LogP contribution in [0.25, 0.3) is 0 Å². The van der Waals surface area contributed by atoms with Crippen molar-refractivity contribution in [3.63, 3.8) is 0 Å². The van der Waals surface area contributed by atoms with Crippen molar-refractivity contribution in [2.45, 2.75) is 25.8 Å². The van der Waals surface area contributed by atoms with E-state index in [-0.39, 0.29) is 17.7 Å². The van der Waals surface area contributed by atoms with Gasteiger partial charge in [-0.2, -0.15) is 5.10 Å². The molecule has 0 aliphatic heterocycles. The number of benzene rings is 1. The molecule has 28 heavy (non-hydrogen) atoms. The lowest BCUT2D eigenvalue weighted by atomic mass is 9.87. The summed E-state index contributed by atoms with van der Waals surface area (Å²) in [5.41, 5.74) is 4.47. The first-order valence-electron chi connectivity index (χ1n) is 9.28. The van der Waals surface area contributed by atoms with Gasteiger partial charge in [0, 0.05) is 36.2 Å². The number of aromatic nitrogens is 3. The van der Waals surface area contributed by atoms with Gasteiger partial charge >= 0.3 is 0 Å². The van der Waals surface area contributed by atoms with E-state index in [0.29, 0.717) is 17.8 Å². The van der Waals surface area contributed by atoms with E-state index >= 15 is 0 Å². The molecule has 142 valence electrons. The van der Waals surface area contributed by atoms with E-state index in [1.165, 1.54) is 6.20 Å². The van der Waals surface area contributed by atoms with Gasteiger partial charge in [-0.05, 0) is 54.7 Å². The third-order valence-corrected chi connectivity index (χ3v) is 4.99. The van der Waals surface area contributed by atoms with Crippen LogP contribution in [0.5, 0.6) is 0 Å². The molecule has 0 saturated heterocycles. The number of aryl methyl sites for hydroxylation is 1. The predicted molar refractivity (Wildman–Crippen MR) is 105 cm³/mol. The second-order valence-electron chi connectivity index (χ2n) is 6.92. The van der Waals surface area contributed by atoms with Crippen LogP contribution >= 0.6 is 0 Å². The van der Waals surface area contributed by atoms with Crippen molar-refractivity contribution in [1.29, 1.82) is 0 Å². The fraction of sp³-hybridized carbons (Fsp3) is 0.238. The summed E-state index contributed by atoms with van der Waals surface area (Å²) in [6.07, 6.45) is 7.39. The van der Waals surface area contributed by atoms with Gasteiger partial charge in [0.25, 0.3) is 5.91 Å². The number of pyridine rings is 1. The summed E-state index contributed by atoms with van der Waals surface area (Å²) < 4.78 is 0. The molecule has 2 amide bonds. The van der Waals surface area contributed by atoms with Crippen molar-refractivity contribution in [3.8, 4) is 0 Å². The van der Waals surface area contributed by atoms with E-state index < -0.39 is 0 Å². The van der Waals surface area contributed by atoms with Gasteiger partial charge in [0.15, 0.2) is 0 Å². The number of H-pyrrole nitrogens is 1. The molecular weight excluding hydrogens is 354 g/mol. The van der Waals surface area contributed by atoms with Crippen LogP contribution < -0.4 is 10.6 Å². The zero-order valence-electron chi connectivity index (χ0n) is 15.3. The Kier molecular flexibility index (Phi) is 5.14. The first-order valence-corrected chi connectivity index (χ1v) is 9.28. The highest BCUT2D eigenvalue weighted by Gasteiger charge is 2.25. The maximum atomic E-state index is 12.5. The van der Waals surface area contributed by atoms with Crippen LogP contribution in [0.3, 0.4) is 0 Å². The lowest BCUT2D eigenvalue weighted by molar-refractivity contribution is -0.125. The molecule has 7 nitrogen and oxygen atoms in total. The van der Waals surface area contributed by atoms with E-state index in [0.717, 1.165) is 36.1 Å². The van der Waals surface area contributed by atoms with Crippen molar-refractivity contribution >= 4 is 17.5 Å². The monoisotopic (exact) mass is 375 g/mol. The zero-order chi connectivity index (χ0) is 19.3. The summed E-state index contributed by atoms with van der Waals surface area (Å²) in [6.45, 7) is 0.463. The smallest absolute Gasteiger partial charge is 0.257 e. The van der Waals surface area contributed by atoms with Gasteiger partial charge in [-0.1, -0.05) is 12.1 Å². The normalized spacial score (nSPS) is 15.5. The molecule has 0 fully saturated rings. The summed E-state index contributed by atoms with van der Waals surface area (Å²) in [5, 5.41) is 12.9. The molecule has 4 rings (SSSR count). The molecule has 1 atom stereocenters. The number of aromatic amines is 1. The molecule has 2 aromatic heterocycles. The molecule has 3 N–H and O–H groups in total. The Hall–Kier alpha value is -3.48. The minimum absolute atomic E-state index is 0.0110. The highest BCUT2D eigenvalue weighted by atomic mass is 16.2. The largest absolute Gasteiger partial charge is 0.352 e. The van der Waals surface area contributed by atoms with Crippen molar-refractivity contribution in [2.24, 2.45) is 5.92 Å². The molecule has 0 saturated carbocycles. The fourth-order valence-corrected chi connectivity index (χ4v) is 3.38. The van der Waals surface area contributed by atoms with Crippen molar-refractivity contribution in [1.82, 2.24) is 20.5 Å². The number of nitrogens with one attached hydrogen (secondary N) is 3. The summed E-state index contributed by atoms with van der Waals surface area (Å²) in [4.78, 5) is 28.6. The van der Waals surface area contributed by atoms with E-state index in [1.54, 1.807) is 18.3 Å². The lowest BCUT2D eigenvalue weighted by Gasteiger charge is -2.21. The Bertz CT molecular complexity index is 966. The van der Waals surface area contributed by atoms with E-state index in [2.05, 4.69) is 25.8 Å². The Morgan fingerprint density at radius 3 is 2.79 bits per heavy atom. The standard InChI is InChI=1S/C21H21N5O2/c27-20(15-5-8-19-17(10-15)13-24-26-19)23-11-14-3-6-18(7-4-14)25-21(28)16-2-1-9-22-12-16/h1-4,6-7,9,12-13,15H,5,8,10-11H2,(H,23,27)(H,24,26)(H,25,28). The summed E-state index contributed by atoms with van der Waals surface area (Å²) in [7, 11) is 0. The molecule has 0 bridgehead atoms. The molecule has 1 aromatic carbocycles. The number of fused-ring (bicyclic) bond motifs is 1. The minimum Gasteiger partial charge on any atom is -0.352 e. The third kappa shape index (κ3) is 4.09. The number of hydrogen-bond donors (Lipinski definition) is 3. The first-order chi connectivity index (χ1) is 13.7. The highest BCUT2D eigenvalue weighted by molar-refractivity contribution is 6.04. The minimum atomic E-state index is -0.204. The van der Waals surface area contributed by atoms with E-state index in [1.807, 2.05) is 30.5 Å². The van der Waals surface area contributed by atoms with Crippen LogP contribution in [-0.4, -0.2) is 27.0 Å². The molecule has 1 unspecified atom stereocenters. The number of amides is 2. The van der Waals surface area contributed by atoms with Gasteiger partial charge in [-0.15, -0.1) is 0 Å². The predicted octanol–water partition coefficient (Wildman–Crippen LogP) is 2.48. The summed E-state index contributed by atoms with van der Waals surface area (Å²) >= 11 is 0. The van der Waals surface area contributed by atoms with Gasteiger partial charge < -0.3 is 10.6 Å². The molecule has 0 radical (unpaired) electrons. The second-order valence-corrected chi connectivity index (χ2v) is 6.92. The average molecular weight is 375 g/mol. The second kappa shape index (κ2) is 8.04. The quantitative estimate of drug-likeness (QED) is 0.638. The van der Waals surface area contributed by atoms with E-state index in [4.69, 9.17) is 0 Å². The van der Waals surface area contributed by atoms with Crippen LogP contribution in [0.1, 0.15) is 33.6 Å². The molecule has 3 aromatic rings. The van der Waals surface area contributed by atoms with Crippen molar-refractivity contribution in [2.75, 3.05) is 5.32 Å². The number of hydrogen-bond acceptors (Lipinski definition) is 4. The molecule has 0 spiro atoms. The molecular formula is C21H21N5O2. The van der Waals surface area contributed by atoms with Crippen molar-refractivity contribution in [3.05, 3.63) is 77.4 Å². The van der Waals surface area contributed by atoms with Gasteiger partial charge in [0.1, 0.15) is 0 Å². The third-order valence-electron chi connectivity index (χ3n) is 4.99. The van der Waals surface area contributed by atoms with Crippen LogP contribution in [0.4, 0.5) is 5.69 Å². The van der Waals surface area contributed by atoms with Gasteiger partial charge in [-0.25, -0.2) is 0 Å². The number of carbonyl (C=O) groups is 2. The average Bonchev–Trinajstić information content (AvgIpc) is 3.21. The fourth-order valence-electron chi connectivity index (χ4n) is 3.38. The number of carbonyl (C=O) groups excluding carboxylic acids is 2. The van der Waals surface area contributed by atoms with Crippen LogP contribution in [0.2, 0.25) is 0 Å². The highest BCUT2D eigenvalue weighted by Crippen LogP contribution is 2.24. The van der Waals surface area contributed by atoms with Crippen molar-refractivity contribution < 1.29 is 9.59 Å². The Balaban J connectivity index is 1.29. The van der Waals surface area contributed by atoms with Gasteiger partial charge in [0.2, 0.25) is 5.91 Å². The Morgan fingerprint density at radius 2 is 2.00 bits per heavy atom. The number of rotatable bonds is 5. The zero-order valence-corrected chi connectivity index (χ0v) is 15.3. The van der Waals surface area contributed by atoms with Crippen LogP contribution in [0.15, 0.2) is 55.0 Å². The van der Waals surface area contributed by atoms with Crippen LogP contribution in [0, 0.1) is 5.92 Å². The number of nitrogens with zero attached hydrogens (tertiary/aromatic N) is 2. The summed E-state index contributed by atoms with van der Waals surface area (Å²) in [6, 6.07) is 10.9. The molecule has 7 heteroatoms. The van der Waals surface area contributed by atoms with Gasteiger partial charge in [-0.3, -0.25) is 19.7 Å². The molecule has 2 heterocycles. The van der Waals surface area contributed by atoms with Crippen LogP contribution in [-0.2, 0) is 24.2 Å². The summed E-state index contributed by atoms with van der Waals surface area (Å²) in [5.74, 6) is -0.144. The Labute approximate surface area is 162 Å². The van der Waals surface area contributed by atoms with Gasteiger partial charge in [0.05, 0.1) is 11.8 Å². The Morgan fingerprint density at radius 1 is 1.14 bits per heavy atom. The number of anilines is 1. The lowest BCUT2D eigenvalue weighted by Crippen LogP contribution is -2.33. The maximum absolute atomic E-state index is 12.5. The van der Waals surface area contributed by atoms with E-state index in [9.17, 15) is 9.59 Å².